The molecule has 282 valence electrons. The first-order valence-electron chi connectivity index (χ1n) is 18.6. The van der Waals surface area contributed by atoms with E-state index in [1.165, 1.54) is 21.9 Å². The monoisotopic (exact) mass is 733 g/mol. The van der Waals surface area contributed by atoms with Crippen molar-refractivity contribution < 1.29 is 19.4 Å². The van der Waals surface area contributed by atoms with Crippen molar-refractivity contribution in [1.82, 2.24) is 24.0 Å². The zero-order valence-electron chi connectivity index (χ0n) is 31.3. The third-order valence-electron chi connectivity index (χ3n) is 11.2. The highest BCUT2D eigenvalue weighted by Gasteiger charge is 2.38. The van der Waals surface area contributed by atoms with Gasteiger partial charge < -0.3 is 34.5 Å². The van der Waals surface area contributed by atoms with Crippen LogP contribution in [0, 0.1) is 5.41 Å². The number of aromatic nitrogens is 4. The molecule has 14 nitrogen and oxygen atoms in total. The minimum absolute atomic E-state index is 0.0556. The minimum atomic E-state index is -0.393. The molecule has 4 aromatic rings. The van der Waals surface area contributed by atoms with Crippen LogP contribution in [0.25, 0.3) is 11.3 Å². The molecule has 1 aliphatic carbocycles. The van der Waals surface area contributed by atoms with Crippen LogP contribution >= 0.6 is 0 Å². The van der Waals surface area contributed by atoms with Gasteiger partial charge in [-0.05, 0) is 67.2 Å². The normalized spacial score (nSPS) is 19.6. The smallest absolute Gasteiger partial charge is 0.293 e. The third kappa shape index (κ3) is 6.37. The summed E-state index contributed by atoms with van der Waals surface area (Å²) in [5.41, 5.74) is 6.31. The summed E-state index contributed by atoms with van der Waals surface area (Å²) >= 11 is 0. The van der Waals surface area contributed by atoms with Gasteiger partial charge >= 0.3 is 0 Å². The zero-order valence-corrected chi connectivity index (χ0v) is 31.3. The van der Waals surface area contributed by atoms with Crippen LogP contribution in [0.15, 0.2) is 60.2 Å². The molecule has 3 N–H and O–H groups in total. The van der Waals surface area contributed by atoms with E-state index in [4.69, 9.17) is 9.72 Å². The summed E-state index contributed by atoms with van der Waals surface area (Å²) < 4.78 is 8.99. The van der Waals surface area contributed by atoms with Crippen LogP contribution in [0.4, 0.5) is 28.7 Å². The van der Waals surface area contributed by atoms with E-state index in [1.54, 1.807) is 36.5 Å². The first-order chi connectivity index (χ1) is 25.9. The van der Waals surface area contributed by atoms with Gasteiger partial charge in [0, 0.05) is 80.7 Å². The van der Waals surface area contributed by atoms with Gasteiger partial charge in [-0.25, -0.2) is 9.97 Å². The first-order valence-corrected chi connectivity index (χ1v) is 18.6. The van der Waals surface area contributed by atoms with Gasteiger partial charge in [0.2, 0.25) is 5.91 Å². The maximum Gasteiger partial charge on any atom is 0.293 e. The molecule has 1 atom stereocenters. The molecule has 0 saturated carbocycles. The third-order valence-corrected chi connectivity index (χ3v) is 11.2. The van der Waals surface area contributed by atoms with E-state index in [0.717, 1.165) is 51.4 Å². The number of nitrogens with zero attached hydrogens (tertiary/aromatic N) is 7. The predicted molar refractivity (Wildman–Crippen MR) is 207 cm³/mol. The molecule has 1 unspecified atom stereocenters. The van der Waals surface area contributed by atoms with Crippen molar-refractivity contribution >= 4 is 40.5 Å². The molecule has 14 heteroatoms. The lowest BCUT2D eigenvalue weighted by Gasteiger charge is -2.46. The van der Waals surface area contributed by atoms with Gasteiger partial charge in [-0.15, -0.1) is 0 Å². The Morgan fingerprint density at radius 2 is 1.93 bits per heavy atom. The Balaban J connectivity index is 1.08. The van der Waals surface area contributed by atoms with Crippen LogP contribution in [-0.2, 0) is 42.6 Å². The van der Waals surface area contributed by atoms with Crippen LogP contribution in [-0.4, -0.2) is 92.4 Å². The standard InChI is InChI=1S/C40H47N9O5/c1-6-35(51)43-30-16-26(7-8-32(30)47-12-11-46(19-24(47)2)27-22-54-23-27)42-36-39(53)45(5)20-31(44-36)28-9-10-41-37(29(28)21-50)49-14-13-48-33(38(49)52)15-25-17-40(3,4)18-34(25)48/h6-10,15-16,20,24,27,50H,1,11-14,17-19,21-23H2,2-5H3,(H,42,44)(H,43,51). The molecule has 0 spiro atoms. The van der Waals surface area contributed by atoms with Crippen molar-refractivity contribution in [2.75, 3.05) is 59.8 Å². The molecule has 8 rings (SSSR count). The Labute approximate surface area is 314 Å². The molecule has 6 heterocycles. The topological polar surface area (TPSA) is 150 Å². The lowest BCUT2D eigenvalue weighted by molar-refractivity contribution is -0.111. The maximum absolute atomic E-state index is 13.9. The number of aliphatic hydroxyl groups excluding tert-OH is 1. The van der Waals surface area contributed by atoms with E-state index in [1.807, 2.05) is 18.2 Å². The van der Waals surface area contributed by atoms with Crippen molar-refractivity contribution in [2.45, 2.75) is 58.8 Å². The molecular formula is C40H47N9O5. The summed E-state index contributed by atoms with van der Waals surface area (Å²) in [7, 11) is 1.64. The lowest BCUT2D eigenvalue weighted by atomic mass is 9.90. The first kappa shape index (κ1) is 35.7. The Morgan fingerprint density at radius 3 is 2.65 bits per heavy atom. The van der Waals surface area contributed by atoms with Crippen LogP contribution in [0.3, 0.4) is 0 Å². The number of benzene rings is 1. The summed E-state index contributed by atoms with van der Waals surface area (Å²) in [5.74, 6) is -0.0798. The molecular weight excluding hydrogens is 686 g/mol. The largest absolute Gasteiger partial charge is 0.392 e. The number of aryl methyl sites for hydroxylation is 1. The number of aliphatic hydroxyl groups is 1. The van der Waals surface area contributed by atoms with E-state index in [9.17, 15) is 19.5 Å². The molecule has 1 aromatic carbocycles. The summed E-state index contributed by atoms with van der Waals surface area (Å²) in [5, 5.41) is 16.9. The van der Waals surface area contributed by atoms with Gasteiger partial charge in [-0.3, -0.25) is 24.2 Å². The molecule has 4 aliphatic rings. The number of pyridine rings is 1. The van der Waals surface area contributed by atoms with Crippen molar-refractivity contribution in [3.8, 4) is 11.3 Å². The highest BCUT2D eigenvalue weighted by molar-refractivity contribution is 6.06. The zero-order chi connectivity index (χ0) is 37.9. The Bertz CT molecular complexity index is 2220. The molecule has 0 radical (unpaired) electrons. The molecule has 54 heavy (non-hydrogen) atoms. The number of carbonyl (C=O) groups excluding carboxylic acids is 2. The molecule has 3 aliphatic heterocycles. The van der Waals surface area contributed by atoms with Gasteiger partial charge in [-0.2, -0.15) is 0 Å². The number of amides is 2. The quantitative estimate of drug-likeness (QED) is 0.218. The van der Waals surface area contributed by atoms with Crippen LogP contribution < -0.4 is 26.0 Å². The fourth-order valence-electron chi connectivity index (χ4n) is 8.43. The van der Waals surface area contributed by atoms with Gasteiger partial charge in [0.15, 0.2) is 5.82 Å². The second-order valence-corrected chi connectivity index (χ2v) is 15.6. The number of piperazine rings is 1. The number of anilines is 5. The number of nitrogens with one attached hydrogen (secondary N) is 2. The summed E-state index contributed by atoms with van der Waals surface area (Å²) in [4.78, 5) is 55.7. The van der Waals surface area contributed by atoms with Crippen LogP contribution in [0.5, 0.6) is 0 Å². The van der Waals surface area contributed by atoms with E-state index in [2.05, 4.69) is 57.3 Å². The predicted octanol–water partition coefficient (Wildman–Crippen LogP) is 3.70. The SMILES string of the molecule is C=CC(=O)Nc1cc(Nc2nc(-c3ccnc(N4CCn5c(cc6c5CC(C)(C)C6)C4=O)c3CO)cn(C)c2=O)ccc1N1CCN(C2COC2)CC1C. The maximum atomic E-state index is 13.9. The molecule has 2 fully saturated rings. The van der Waals surface area contributed by atoms with E-state index >= 15 is 0 Å². The Kier molecular flexibility index (Phi) is 9.15. The summed E-state index contributed by atoms with van der Waals surface area (Å²) in [6, 6.07) is 9.98. The molecule has 2 saturated heterocycles. The fourth-order valence-corrected chi connectivity index (χ4v) is 8.43. The van der Waals surface area contributed by atoms with Gasteiger partial charge in [0.25, 0.3) is 11.5 Å². The number of hydrogen-bond donors (Lipinski definition) is 3. The average molecular weight is 734 g/mol. The summed E-state index contributed by atoms with van der Waals surface area (Å²) in [6.45, 7) is 15.0. The van der Waals surface area contributed by atoms with Gasteiger partial charge in [0.1, 0.15) is 11.5 Å². The second kappa shape index (κ2) is 13.8. The van der Waals surface area contributed by atoms with Crippen molar-refractivity contribution in [3.05, 3.63) is 88.2 Å². The highest BCUT2D eigenvalue weighted by atomic mass is 16.5. The van der Waals surface area contributed by atoms with Gasteiger partial charge in [-0.1, -0.05) is 20.4 Å². The number of ether oxygens (including phenoxy) is 1. The van der Waals surface area contributed by atoms with E-state index < -0.39 is 6.61 Å². The second-order valence-electron chi connectivity index (χ2n) is 15.6. The number of fused-ring (bicyclic) bond motifs is 3. The fraction of sp³-hybridized carbons (Fsp3) is 0.425. The number of carbonyl (C=O) groups is 2. The highest BCUT2D eigenvalue weighted by Crippen LogP contribution is 2.40. The van der Waals surface area contributed by atoms with Crippen LogP contribution in [0.1, 0.15) is 48.1 Å². The lowest BCUT2D eigenvalue weighted by Crippen LogP contribution is -2.59. The van der Waals surface area contributed by atoms with E-state index in [-0.39, 0.29) is 34.6 Å². The minimum Gasteiger partial charge on any atom is -0.392 e. The van der Waals surface area contributed by atoms with E-state index in [0.29, 0.717) is 58.8 Å². The average Bonchev–Trinajstić information content (AvgIpc) is 3.61. The van der Waals surface area contributed by atoms with Crippen LogP contribution in [0.2, 0.25) is 0 Å². The molecule has 3 aromatic heterocycles. The Morgan fingerprint density at radius 1 is 1.11 bits per heavy atom. The van der Waals surface area contributed by atoms with Gasteiger partial charge in [0.05, 0.1) is 42.9 Å². The van der Waals surface area contributed by atoms with Crippen molar-refractivity contribution in [3.63, 3.8) is 0 Å². The summed E-state index contributed by atoms with van der Waals surface area (Å²) in [6.07, 6.45) is 6.30. The van der Waals surface area contributed by atoms with Crippen molar-refractivity contribution in [1.29, 1.82) is 0 Å². The number of rotatable bonds is 9. The molecule has 0 bridgehead atoms. The Hall–Kier alpha value is -5.31. The van der Waals surface area contributed by atoms with Crippen molar-refractivity contribution in [2.24, 2.45) is 12.5 Å². The molecule has 2 amide bonds. The number of hydrogen-bond acceptors (Lipinski definition) is 10.